The molecule has 0 bridgehead atoms. The van der Waals surface area contributed by atoms with Crippen LogP contribution in [0.2, 0.25) is 0 Å². The van der Waals surface area contributed by atoms with Crippen molar-refractivity contribution in [3.05, 3.63) is 29.8 Å². The number of guanidine groups is 1. The SMILES string of the molecule is CN1C(=O)[C@@](CCC2CCCCC2)(CC2CCCC(NC(=O)c3ccc(F)nc3)C2)N=C1N. The van der Waals surface area contributed by atoms with Crippen LogP contribution in [-0.2, 0) is 4.79 Å². The molecule has 4 rings (SSSR count). The molecule has 0 saturated heterocycles. The molecule has 33 heavy (non-hydrogen) atoms. The number of nitrogens with one attached hydrogen (secondary N) is 1. The molecule has 3 atom stereocenters. The molecule has 1 aromatic rings. The first-order chi connectivity index (χ1) is 15.9. The Morgan fingerprint density at radius 1 is 1.18 bits per heavy atom. The van der Waals surface area contributed by atoms with Crippen molar-refractivity contribution in [3.63, 3.8) is 0 Å². The van der Waals surface area contributed by atoms with E-state index in [1.165, 1.54) is 55.3 Å². The van der Waals surface area contributed by atoms with Gasteiger partial charge in [-0.2, -0.15) is 4.39 Å². The summed E-state index contributed by atoms with van der Waals surface area (Å²) >= 11 is 0. The highest BCUT2D eigenvalue weighted by Gasteiger charge is 2.48. The van der Waals surface area contributed by atoms with Gasteiger partial charge in [0, 0.05) is 19.3 Å². The van der Waals surface area contributed by atoms with Crippen LogP contribution in [0.1, 0.15) is 87.4 Å². The molecule has 0 radical (unpaired) electrons. The van der Waals surface area contributed by atoms with Crippen molar-refractivity contribution in [3.8, 4) is 0 Å². The zero-order chi connectivity index (χ0) is 23.4. The molecule has 1 aliphatic heterocycles. The molecule has 2 unspecified atom stereocenters. The van der Waals surface area contributed by atoms with Gasteiger partial charge >= 0.3 is 0 Å². The van der Waals surface area contributed by atoms with Gasteiger partial charge < -0.3 is 11.1 Å². The maximum Gasteiger partial charge on any atom is 0.257 e. The number of nitrogens with zero attached hydrogens (tertiary/aromatic N) is 3. The number of nitrogens with two attached hydrogens (primary N) is 1. The summed E-state index contributed by atoms with van der Waals surface area (Å²) in [5.41, 5.74) is 5.68. The molecule has 3 N–H and O–H groups in total. The van der Waals surface area contributed by atoms with Gasteiger partial charge in [-0.15, -0.1) is 0 Å². The second-order valence-corrected chi connectivity index (χ2v) is 10.2. The van der Waals surface area contributed by atoms with Gasteiger partial charge in [-0.25, -0.2) is 9.98 Å². The first-order valence-corrected chi connectivity index (χ1v) is 12.4. The standard InChI is InChI=1S/C25H36FN5O2/c1-31-23(33)25(30-24(31)27,13-12-17-6-3-2-4-7-17)15-18-8-5-9-20(14-18)29-22(32)19-10-11-21(26)28-16-19/h10-11,16-18,20H,2-9,12-15H2,1H3,(H2,27,30)(H,29,32)/t18?,20?,25-/m1/s1. The van der Waals surface area contributed by atoms with E-state index >= 15 is 0 Å². The number of aliphatic imine (C=N–C) groups is 1. The van der Waals surface area contributed by atoms with E-state index < -0.39 is 11.5 Å². The first-order valence-electron chi connectivity index (χ1n) is 12.4. The largest absolute Gasteiger partial charge is 0.369 e. The van der Waals surface area contributed by atoms with Crippen LogP contribution < -0.4 is 11.1 Å². The van der Waals surface area contributed by atoms with Crippen LogP contribution in [0.5, 0.6) is 0 Å². The van der Waals surface area contributed by atoms with Crippen LogP contribution in [0.4, 0.5) is 4.39 Å². The lowest BCUT2D eigenvalue weighted by atomic mass is 9.74. The number of pyridine rings is 1. The van der Waals surface area contributed by atoms with Crippen molar-refractivity contribution < 1.29 is 14.0 Å². The number of hydrogen-bond acceptors (Lipinski definition) is 5. The molecule has 0 aromatic carbocycles. The molecule has 180 valence electrons. The molecule has 2 heterocycles. The van der Waals surface area contributed by atoms with Crippen LogP contribution in [-0.4, -0.2) is 46.3 Å². The molecular weight excluding hydrogens is 421 g/mol. The average Bonchev–Trinajstić information content (AvgIpc) is 3.02. The molecular formula is C25H36FN5O2. The summed E-state index contributed by atoms with van der Waals surface area (Å²) in [5.74, 6) is 0.447. The second kappa shape index (κ2) is 10.2. The van der Waals surface area contributed by atoms with Crippen molar-refractivity contribution >= 4 is 17.8 Å². The third-order valence-corrected chi connectivity index (χ3v) is 7.80. The molecule has 0 spiro atoms. The zero-order valence-corrected chi connectivity index (χ0v) is 19.6. The van der Waals surface area contributed by atoms with Crippen molar-refractivity contribution in [2.45, 2.75) is 88.6 Å². The quantitative estimate of drug-likeness (QED) is 0.609. The average molecular weight is 458 g/mol. The maximum atomic E-state index is 13.3. The monoisotopic (exact) mass is 457 g/mol. The Hall–Kier alpha value is -2.51. The van der Waals surface area contributed by atoms with E-state index in [1.54, 1.807) is 7.05 Å². The van der Waals surface area contributed by atoms with Crippen LogP contribution in [0.15, 0.2) is 23.3 Å². The summed E-state index contributed by atoms with van der Waals surface area (Å²) in [6.45, 7) is 0. The Morgan fingerprint density at radius 2 is 1.94 bits per heavy atom. The predicted molar refractivity (Wildman–Crippen MR) is 125 cm³/mol. The van der Waals surface area contributed by atoms with Crippen LogP contribution in [0.25, 0.3) is 0 Å². The number of rotatable bonds is 7. The lowest BCUT2D eigenvalue weighted by molar-refractivity contribution is -0.131. The molecule has 8 heteroatoms. The number of halogens is 1. The third-order valence-electron chi connectivity index (χ3n) is 7.80. The number of aromatic nitrogens is 1. The molecule has 2 amide bonds. The summed E-state index contributed by atoms with van der Waals surface area (Å²) in [7, 11) is 1.71. The van der Waals surface area contributed by atoms with E-state index in [9.17, 15) is 14.0 Å². The van der Waals surface area contributed by atoms with Crippen LogP contribution >= 0.6 is 0 Å². The van der Waals surface area contributed by atoms with Gasteiger partial charge in [-0.05, 0) is 56.1 Å². The maximum absolute atomic E-state index is 13.3. The molecule has 7 nitrogen and oxygen atoms in total. The number of carbonyl (C=O) groups is 2. The number of amides is 2. The summed E-state index contributed by atoms with van der Waals surface area (Å²) < 4.78 is 13.1. The minimum atomic E-state index is -0.770. The molecule has 3 aliphatic rings. The van der Waals surface area contributed by atoms with E-state index in [2.05, 4.69) is 10.3 Å². The summed E-state index contributed by atoms with van der Waals surface area (Å²) in [5, 5.41) is 3.08. The smallest absolute Gasteiger partial charge is 0.257 e. The molecule has 2 saturated carbocycles. The first kappa shape index (κ1) is 23.6. The number of carbonyl (C=O) groups excluding carboxylic acids is 2. The van der Waals surface area contributed by atoms with E-state index in [1.807, 2.05) is 0 Å². The van der Waals surface area contributed by atoms with E-state index in [0.717, 1.165) is 38.5 Å². The van der Waals surface area contributed by atoms with Crippen LogP contribution in [0, 0.1) is 17.8 Å². The fraction of sp³-hybridized carbons (Fsp3) is 0.680. The Kier molecular flexibility index (Phi) is 7.29. The van der Waals surface area contributed by atoms with Gasteiger partial charge in [-0.3, -0.25) is 14.5 Å². The minimum absolute atomic E-state index is 0.0133. The fourth-order valence-electron chi connectivity index (χ4n) is 5.94. The molecule has 1 aromatic heterocycles. The van der Waals surface area contributed by atoms with E-state index in [4.69, 9.17) is 10.7 Å². The number of likely N-dealkylation sites (N-methyl/N-ethyl adjacent to an activating group) is 1. The van der Waals surface area contributed by atoms with E-state index in [-0.39, 0.29) is 23.8 Å². The van der Waals surface area contributed by atoms with Gasteiger partial charge in [0.2, 0.25) is 5.95 Å². The normalized spacial score (nSPS) is 28.6. The van der Waals surface area contributed by atoms with Crippen molar-refractivity contribution in [1.29, 1.82) is 0 Å². The Morgan fingerprint density at radius 3 is 2.61 bits per heavy atom. The van der Waals surface area contributed by atoms with Gasteiger partial charge in [0.15, 0.2) is 5.96 Å². The molecule has 2 fully saturated rings. The Bertz CT molecular complexity index is 883. The summed E-state index contributed by atoms with van der Waals surface area (Å²) in [6, 6.07) is 2.66. The van der Waals surface area contributed by atoms with Crippen molar-refractivity contribution in [2.24, 2.45) is 22.6 Å². The van der Waals surface area contributed by atoms with Gasteiger partial charge in [-0.1, -0.05) is 44.9 Å². The lowest BCUT2D eigenvalue weighted by Crippen LogP contribution is -2.45. The lowest BCUT2D eigenvalue weighted by Gasteiger charge is -2.35. The predicted octanol–water partition coefficient (Wildman–Crippen LogP) is 3.79. The highest BCUT2D eigenvalue weighted by molar-refractivity contribution is 6.06. The van der Waals surface area contributed by atoms with Gasteiger partial charge in [0.05, 0.1) is 5.56 Å². The summed E-state index contributed by atoms with van der Waals surface area (Å²) in [4.78, 5) is 35.7. The van der Waals surface area contributed by atoms with Gasteiger partial charge in [0.1, 0.15) is 5.54 Å². The summed E-state index contributed by atoms with van der Waals surface area (Å²) in [6.07, 6.45) is 13.8. The minimum Gasteiger partial charge on any atom is -0.369 e. The van der Waals surface area contributed by atoms with E-state index in [0.29, 0.717) is 23.9 Å². The second-order valence-electron chi connectivity index (χ2n) is 10.2. The van der Waals surface area contributed by atoms with Crippen molar-refractivity contribution in [2.75, 3.05) is 7.05 Å². The zero-order valence-electron chi connectivity index (χ0n) is 19.6. The third kappa shape index (κ3) is 5.53. The number of hydrogen-bond donors (Lipinski definition) is 2. The van der Waals surface area contributed by atoms with Crippen LogP contribution in [0.3, 0.4) is 0 Å². The fourth-order valence-corrected chi connectivity index (χ4v) is 5.94. The van der Waals surface area contributed by atoms with Gasteiger partial charge in [0.25, 0.3) is 11.8 Å². The Balaban J connectivity index is 1.40. The topological polar surface area (TPSA) is 101 Å². The molecule has 2 aliphatic carbocycles. The highest BCUT2D eigenvalue weighted by Crippen LogP contribution is 2.40. The highest BCUT2D eigenvalue weighted by atomic mass is 19.1. The van der Waals surface area contributed by atoms with Crippen molar-refractivity contribution in [1.82, 2.24) is 15.2 Å². The Labute approximate surface area is 195 Å².